The van der Waals surface area contributed by atoms with E-state index in [2.05, 4.69) is 76.2 Å². The maximum Gasteiger partial charge on any atom is -0.0280 e. The zero-order chi connectivity index (χ0) is 16.4. The molecule has 0 aromatic rings. The lowest BCUT2D eigenvalue weighted by Crippen LogP contribution is -2.40. The Morgan fingerprint density at radius 2 is 1.20 bits per heavy atom. The van der Waals surface area contributed by atoms with Crippen LogP contribution in [0, 0.1) is 34.0 Å². The molecule has 0 aromatic heterocycles. The van der Waals surface area contributed by atoms with Gasteiger partial charge < -0.3 is 0 Å². The molecule has 0 bridgehead atoms. The van der Waals surface area contributed by atoms with Gasteiger partial charge in [0.1, 0.15) is 0 Å². The van der Waals surface area contributed by atoms with E-state index in [-0.39, 0.29) is 0 Å². The van der Waals surface area contributed by atoms with Crippen molar-refractivity contribution in [3.8, 4) is 0 Å². The van der Waals surface area contributed by atoms with Gasteiger partial charge in [-0.1, -0.05) is 82.6 Å². The lowest BCUT2D eigenvalue weighted by Gasteiger charge is -2.49. The molecule has 2 unspecified atom stereocenters. The van der Waals surface area contributed by atoms with Gasteiger partial charge in [0.2, 0.25) is 0 Å². The quantitative estimate of drug-likeness (QED) is 0.442. The van der Waals surface area contributed by atoms with E-state index in [1.807, 2.05) is 0 Å². The van der Waals surface area contributed by atoms with E-state index in [1.54, 1.807) is 0 Å². The minimum atomic E-state index is 0.383. The molecule has 20 heavy (non-hydrogen) atoms. The smallest absolute Gasteiger partial charge is 0.0280 e. The molecule has 0 aliphatic heterocycles. The molecule has 0 aliphatic rings. The molecule has 0 rings (SSSR count). The van der Waals surface area contributed by atoms with Crippen molar-refractivity contribution in [2.24, 2.45) is 34.0 Å². The molecule has 0 saturated carbocycles. The fourth-order valence-corrected chi connectivity index (χ4v) is 3.68. The minimum absolute atomic E-state index is 0.383. The topological polar surface area (TPSA) is 0 Å². The molecule has 0 nitrogen and oxygen atoms in total. The number of hydrogen-bond acceptors (Lipinski definition) is 0. The molecule has 0 fully saturated rings. The van der Waals surface area contributed by atoms with Crippen LogP contribution in [-0.4, -0.2) is 0 Å². The summed E-state index contributed by atoms with van der Waals surface area (Å²) in [6.45, 7) is 26.7. The maximum atomic E-state index is 2.51. The van der Waals surface area contributed by atoms with Crippen molar-refractivity contribution in [1.29, 1.82) is 0 Å². The molecule has 0 N–H and O–H groups in total. The molecule has 0 heteroatoms. The van der Waals surface area contributed by atoms with Crippen molar-refractivity contribution in [1.82, 2.24) is 0 Å². The molecule has 0 spiro atoms. The second-order valence-corrected chi connectivity index (χ2v) is 9.47. The lowest BCUT2D eigenvalue weighted by atomic mass is 9.56. The first-order valence-electron chi connectivity index (χ1n) is 8.80. The summed E-state index contributed by atoms with van der Waals surface area (Å²) in [5.41, 5.74) is 1.25. The van der Waals surface area contributed by atoms with Gasteiger partial charge in [-0.15, -0.1) is 0 Å². The summed E-state index contributed by atoms with van der Waals surface area (Å²) in [6, 6.07) is 0. The van der Waals surface area contributed by atoms with Crippen molar-refractivity contribution >= 4 is 0 Å². The molecular weight excluding hydrogens is 240 g/mol. The molecule has 0 aromatic carbocycles. The van der Waals surface area contributed by atoms with Crippen LogP contribution >= 0.6 is 0 Å². The summed E-state index contributed by atoms with van der Waals surface area (Å²) in [4.78, 5) is 0. The molecule has 2 atom stereocenters. The Morgan fingerprint density at radius 1 is 0.750 bits per heavy atom. The monoisotopic (exact) mass is 282 g/mol. The maximum absolute atomic E-state index is 2.51. The van der Waals surface area contributed by atoms with E-state index < -0.39 is 0 Å². The minimum Gasteiger partial charge on any atom is -0.0649 e. The van der Waals surface area contributed by atoms with Crippen LogP contribution < -0.4 is 0 Å². The largest absolute Gasteiger partial charge is 0.0649 e. The van der Waals surface area contributed by atoms with Gasteiger partial charge in [-0.2, -0.15) is 0 Å². The van der Waals surface area contributed by atoms with Gasteiger partial charge in [0.05, 0.1) is 0 Å². The average Bonchev–Trinajstić information content (AvgIpc) is 2.26. The van der Waals surface area contributed by atoms with E-state index >= 15 is 0 Å². The fourth-order valence-electron chi connectivity index (χ4n) is 3.68. The Hall–Kier alpha value is 0. The van der Waals surface area contributed by atoms with Crippen LogP contribution in [0.15, 0.2) is 0 Å². The van der Waals surface area contributed by atoms with E-state index in [4.69, 9.17) is 0 Å². The standard InChI is InChI=1S/C20H42/c1-12-20(11,13-15(2)3)17(6)14-18(7,8)19(9,10)16(4)5/h15-17H,12-14H2,1-11H3. The Kier molecular flexibility index (Phi) is 6.84. The van der Waals surface area contributed by atoms with Gasteiger partial charge in [-0.05, 0) is 46.8 Å². The molecule has 0 aliphatic carbocycles. The van der Waals surface area contributed by atoms with Crippen molar-refractivity contribution < 1.29 is 0 Å². The van der Waals surface area contributed by atoms with Crippen LogP contribution in [0.1, 0.15) is 95.4 Å². The highest BCUT2D eigenvalue weighted by atomic mass is 14.5. The normalized spacial score (nSPS) is 18.4. The van der Waals surface area contributed by atoms with Gasteiger partial charge in [0.15, 0.2) is 0 Å². The van der Waals surface area contributed by atoms with Gasteiger partial charge >= 0.3 is 0 Å². The fraction of sp³-hybridized carbons (Fsp3) is 1.00. The highest BCUT2D eigenvalue weighted by molar-refractivity contribution is 4.92. The third kappa shape index (κ3) is 4.50. The van der Waals surface area contributed by atoms with Crippen LogP contribution in [0.5, 0.6) is 0 Å². The molecule has 0 radical (unpaired) electrons. The van der Waals surface area contributed by atoms with Crippen LogP contribution in [0.4, 0.5) is 0 Å². The zero-order valence-corrected chi connectivity index (χ0v) is 16.4. The summed E-state index contributed by atoms with van der Waals surface area (Å²) in [5.74, 6) is 2.30. The predicted octanol–water partition coefficient (Wildman–Crippen LogP) is 7.18. The number of hydrogen-bond donors (Lipinski definition) is 0. The van der Waals surface area contributed by atoms with E-state index in [9.17, 15) is 0 Å². The second-order valence-electron chi connectivity index (χ2n) is 9.47. The summed E-state index contributed by atoms with van der Waals surface area (Å²) >= 11 is 0. The highest BCUT2D eigenvalue weighted by Gasteiger charge is 2.42. The second kappa shape index (κ2) is 6.84. The number of rotatable bonds is 8. The molecular formula is C20H42. The van der Waals surface area contributed by atoms with Crippen molar-refractivity contribution in [2.45, 2.75) is 95.4 Å². The molecule has 0 heterocycles. The predicted molar refractivity (Wildman–Crippen MR) is 94.0 cm³/mol. The summed E-state index contributed by atoms with van der Waals surface area (Å²) < 4.78 is 0. The van der Waals surface area contributed by atoms with Crippen LogP contribution in [0.25, 0.3) is 0 Å². The van der Waals surface area contributed by atoms with Gasteiger partial charge in [0.25, 0.3) is 0 Å². The summed E-state index contributed by atoms with van der Waals surface area (Å²) in [6.07, 6.45) is 3.97. The first-order valence-corrected chi connectivity index (χ1v) is 8.80. The highest BCUT2D eigenvalue weighted by Crippen LogP contribution is 2.51. The first kappa shape index (κ1) is 20.0. The van der Waals surface area contributed by atoms with Crippen LogP contribution in [-0.2, 0) is 0 Å². The van der Waals surface area contributed by atoms with Crippen LogP contribution in [0.3, 0.4) is 0 Å². The Bertz CT molecular complexity index is 282. The summed E-state index contributed by atoms with van der Waals surface area (Å²) in [7, 11) is 0. The zero-order valence-electron chi connectivity index (χ0n) is 16.4. The molecule has 0 amide bonds. The van der Waals surface area contributed by atoms with E-state index in [1.165, 1.54) is 19.3 Å². The van der Waals surface area contributed by atoms with Crippen molar-refractivity contribution in [2.75, 3.05) is 0 Å². The Balaban J connectivity index is 5.09. The Labute approximate surface area is 130 Å². The molecule has 122 valence electrons. The Morgan fingerprint density at radius 3 is 1.50 bits per heavy atom. The van der Waals surface area contributed by atoms with Crippen LogP contribution in [0.2, 0.25) is 0 Å². The van der Waals surface area contributed by atoms with Gasteiger partial charge in [-0.3, -0.25) is 0 Å². The van der Waals surface area contributed by atoms with Crippen molar-refractivity contribution in [3.05, 3.63) is 0 Å². The van der Waals surface area contributed by atoms with Gasteiger partial charge in [-0.25, -0.2) is 0 Å². The SMILES string of the molecule is CCC(C)(CC(C)C)C(C)CC(C)(C)C(C)(C)C(C)C. The third-order valence-corrected chi connectivity index (χ3v) is 6.88. The first-order chi connectivity index (χ1) is 8.80. The third-order valence-electron chi connectivity index (χ3n) is 6.88. The van der Waals surface area contributed by atoms with E-state index in [0.29, 0.717) is 16.2 Å². The lowest BCUT2D eigenvalue weighted by molar-refractivity contribution is 0.00473. The van der Waals surface area contributed by atoms with Gasteiger partial charge in [0, 0.05) is 0 Å². The van der Waals surface area contributed by atoms with E-state index in [0.717, 1.165) is 17.8 Å². The van der Waals surface area contributed by atoms with Crippen molar-refractivity contribution in [3.63, 3.8) is 0 Å². The summed E-state index contributed by atoms with van der Waals surface area (Å²) in [5, 5.41) is 0. The molecule has 0 saturated heterocycles. The average molecular weight is 283 g/mol.